The van der Waals surface area contributed by atoms with Crippen molar-refractivity contribution >= 4 is 17.2 Å². The Morgan fingerprint density at radius 3 is 2.15 bits per heavy atom. The monoisotopic (exact) mass is 274 g/mol. The number of fused-ring (bicyclic) bond motifs is 1. The van der Waals surface area contributed by atoms with Gasteiger partial charge in [0.1, 0.15) is 5.84 Å². The van der Waals surface area contributed by atoms with E-state index in [1.165, 1.54) is 0 Å². The van der Waals surface area contributed by atoms with Crippen molar-refractivity contribution in [3.05, 3.63) is 36.4 Å². The van der Waals surface area contributed by atoms with E-state index in [1.54, 1.807) is 0 Å². The number of rotatable bonds is 1. The zero-order valence-corrected chi connectivity index (χ0v) is 14.2. The first-order valence-corrected chi connectivity index (χ1v) is 7.59. The highest BCUT2D eigenvalue weighted by molar-refractivity contribution is 5.97. The minimum atomic E-state index is 0.235. The Hall–Kier alpha value is -1.57. The maximum Gasteiger partial charge on any atom is 0.107 e. The SMILES string of the molecule is C=C1NC(CC(C)(C)C)=Nc2ccccc21.CC.CC. The van der Waals surface area contributed by atoms with Crippen molar-refractivity contribution in [2.75, 3.05) is 0 Å². The molecule has 0 radical (unpaired) electrons. The van der Waals surface area contributed by atoms with Gasteiger partial charge in [0, 0.05) is 17.7 Å². The number of nitrogens with zero attached hydrogens (tertiary/aromatic N) is 1. The molecule has 1 aliphatic rings. The van der Waals surface area contributed by atoms with E-state index in [4.69, 9.17) is 0 Å². The number of aliphatic imine (C=N–C) groups is 1. The van der Waals surface area contributed by atoms with Crippen LogP contribution >= 0.6 is 0 Å². The highest BCUT2D eigenvalue weighted by atomic mass is 15.0. The number of hydrogen-bond donors (Lipinski definition) is 1. The van der Waals surface area contributed by atoms with E-state index < -0.39 is 0 Å². The second kappa shape index (κ2) is 8.57. The molecule has 20 heavy (non-hydrogen) atoms. The summed E-state index contributed by atoms with van der Waals surface area (Å²) in [5.41, 5.74) is 3.30. The van der Waals surface area contributed by atoms with Gasteiger partial charge in [0.05, 0.1) is 5.69 Å². The van der Waals surface area contributed by atoms with E-state index in [0.29, 0.717) is 0 Å². The lowest BCUT2D eigenvalue weighted by Crippen LogP contribution is -2.28. The zero-order valence-electron chi connectivity index (χ0n) is 14.2. The lowest BCUT2D eigenvalue weighted by atomic mass is 9.91. The van der Waals surface area contributed by atoms with Crippen molar-refractivity contribution in [3.8, 4) is 0 Å². The van der Waals surface area contributed by atoms with Crippen molar-refractivity contribution in [1.29, 1.82) is 0 Å². The molecule has 0 spiro atoms. The Morgan fingerprint density at radius 1 is 1.05 bits per heavy atom. The summed E-state index contributed by atoms with van der Waals surface area (Å²) in [4.78, 5) is 4.63. The summed E-state index contributed by atoms with van der Waals surface area (Å²) >= 11 is 0. The van der Waals surface area contributed by atoms with E-state index in [2.05, 4.69) is 37.7 Å². The largest absolute Gasteiger partial charge is 0.344 e. The van der Waals surface area contributed by atoms with Gasteiger partial charge in [-0.1, -0.05) is 73.2 Å². The van der Waals surface area contributed by atoms with Crippen molar-refractivity contribution < 1.29 is 0 Å². The fourth-order valence-electron chi connectivity index (χ4n) is 1.83. The quantitative estimate of drug-likeness (QED) is 0.689. The van der Waals surface area contributed by atoms with Gasteiger partial charge >= 0.3 is 0 Å². The molecule has 2 rings (SSSR count). The van der Waals surface area contributed by atoms with E-state index in [-0.39, 0.29) is 5.41 Å². The number of amidine groups is 1. The Kier molecular flexibility index (Phi) is 7.90. The van der Waals surface area contributed by atoms with Crippen molar-refractivity contribution in [2.45, 2.75) is 54.9 Å². The molecule has 0 saturated heterocycles. The van der Waals surface area contributed by atoms with Gasteiger partial charge in [-0.05, 0) is 11.5 Å². The topological polar surface area (TPSA) is 24.4 Å². The van der Waals surface area contributed by atoms with Crippen LogP contribution in [0.2, 0.25) is 0 Å². The van der Waals surface area contributed by atoms with E-state index in [0.717, 1.165) is 29.2 Å². The summed E-state index contributed by atoms with van der Waals surface area (Å²) in [6.45, 7) is 18.7. The summed E-state index contributed by atoms with van der Waals surface area (Å²) in [5.74, 6) is 1.01. The van der Waals surface area contributed by atoms with Crippen LogP contribution in [-0.2, 0) is 0 Å². The molecule has 0 amide bonds. The van der Waals surface area contributed by atoms with Crippen LogP contribution in [0.5, 0.6) is 0 Å². The lowest BCUT2D eigenvalue weighted by molar-refractivity contribution is 0.431. The van der Waals surface area contributed by atoms with Crippen molar-refractivity contribution in [3.63, 3.8) is 0 Å². The van der Waals surface area contributed by atoms with Crippen LogP contribution in [0.1, 0.15) is 60.5 Å². The molecule has 0 unspecified atom stereocenters. The number of hydrogen-bond acceptors (Lipinski definition) is 2. The van der Waals surface area contributed by atoms with Gasteiger partial charge in [-0.3, -0.25) is 0 Å². The molecule has 2 heteroatoms. The van der Waals surface area contributed by atoms with Crippen LogP contribution in [0.4, 0.5) is 5.69 Å². The van der Waals surface area contributed by atoms with Crippen LogP contribution < -0.4 is 5.32 Å². The molecule has 2 nitrogen and oxygen atoms in total. The molecule has 1 aromatic rings. The third kappa shape index (κ3) is 5.60. The van der Waals surface area contributed by atoms with Crippen LogP contribution in [0, 0.1) is 5.41 Å². The van der Waals surface area contributed by atoms with Gasteiger partial charge < -0.3 is 5.32 Å². The van der Waals surface area contributed by atoms with Gasteiger partial charge in [0.2, 0.25) is 0 Å². The lowest BCUT2D eigenvalue weighted by Gasteiger charge is -2.25. The zero-order chi connectivity index (χ0) is 15.8. The van der Waals surface area contributed by atoms with E-state index in [9.17, 15) is 0 Å². The molecular formula is C18H30N2. The maximum absolute atomic E-state index is 4.63. The number of nitrogens with one attached hydrogen (secondary N) is 1. The highest BCUT2D eigenvalue weighted by Crippen LogP contribution is 2.30. The van der Waals surface area contributed by atoms with Gasteiger partial charge in [-0.15, -0.1) is 0 Å². The predicted octanol–water partition coefficient (Wildman–Crippen LogP) is 5.78. The Morgan fingerprint density at radius 2 is 1.60 bits per heavy atom. The van der Waals surface area contributed by atoms with Crippen LogP contribution in [0.3, 0.4) is 0 Å². The molecular weight excluding hydrogens is 244 g/mol. The normalized spacial score (nSPS) is 12.8. The molecule has 0 atom stereocenters. The molecule has 1 aromatic carbocycles. The third-order valence-corrected chi connectivity index (χ3v) is 2.48. The van der Waals surface area contributed by atoms with Crippen LogP contribution in [-0.4, -0.2) is 5.84 Å². The van der Waals surface area contributed by atoms with Crippen LogP contribution in [0.15, 0.2) is 35.8 Å². The summed E-state index contributed by atoms with van der Waals surface area (Å²) < 4.78 is 0. The first kappa shape index (κ1) is 18.4. The molecule has 0 saturated carbocycles. The molecule has 0 aromatic heterocycles. The van der Waals surface area contributed by atoms with Gasteiger partial charge in [-0.25, -0.2) is 4.99 Å². The Balaban J connectivity index is 0.000000829. The summed E-state index contributed by atoms with van der Waals surface area (Å²) in [6, 6.07) is 8.09. The molecule has 1 aliphatic heterocycles. The first-order chi connectivity index (χ1) is 9.46. The number of benzene rings is 1. The third-order valence-electron chi connectivity index (χ3n) is 2.48. The van der Waals surface area contributed by atoms with Crippen LogP contribution in [0.25, 0.3) is 5.70 Å². The minimum absolute atomic E-state index is 0.235. The van der Waals surface area contributed by atoms with Crippen molar-refractivity contribution in [2.24, 2.45) is 10.4 Å². The standard InChI is InChI=1S/C14H18N2.2C2H6/c1-10-11-7-5-6-8-12(11)16-13(15-10)9-14(2,3)4;2*1-2/h5-8H,1,9H2,2-4H3,(H,15,16);2*1-2H3. The second-order valence-electron chi connectivity index (χ2n) is 5.42. The fraction of sp³-hybridized carbons (Fsp3) is 0.500. The number of para-hydroxylation sites is 1. The summed E-state index contributed by atoms with van der Waals surface area (Å²) in [7, 11) is 0. The average Bonchev–Trinajstić information content (AvgIpc) is 2.41. The molecule has 112 valence electrons. The molecule has 0 aliphatic carbocycles. The van der Waals surface area contributed by atoms with E-state index in [1.807, 2.05) is 52.0 Å². The predicted molar refractivity (Wildman–Crippen MR) is 92.5 cm³/mol. The molecule has 0 fully saturated rings. The summed E-state index contributed by atoms with van der Waals surface area (Å²) in [5, 5.41) is 3.28. The molecule has 1 N–H and O–H groups in total. The van der Waals surface area contributed by atoms with Gasteiger partial charge in [0.25, 0.3) is 0 Å². The molecule has 1 heterocycles. The van der Waals surface area contributed by atoms with E-state index >= 15 is 0 Å². The fourth-order valence-corrected chi connectivity index (χ4v) is 1.83. The second-order valence-corrected chi connectivity index (χ2v) is 5.42. The smallest absolute Gasteiger partial charge is 0.107 e. The van der Waals surface area contributed by atoms with Gasteiger partial charge in [0.15, 0.2) is 0 Å². The first-order valence-electron chi connectivity index (χ1n) is 7.59. The van der Waals surface area contributed by atoms with Crippen molar-refractivity contribution in [1.82, 2.24) is 5.32 Å². The summed E-state index contributed by atoms with van der Waals surface area (Å²) in [6.07, 6.45) is 0.931. The molecule has 0 bridgehead atoms. The Labute approximate surface area is 125 Å². The highest BCUT2D eigenvalue weighted by Gasteiger charge is 2.19. The minimum Gasteiger partial charge on any atom is -0.344 e. The van der Waals surface area contributed by atoms with Gasteiger partial charge in [-0.2, -0.15) is 0 Å². The average molecular weight is 274 g/mol. The Bertz CT molecular complexity index is 451. The maximum atomic E-state index is 4.63.